The molecule has 0 bridgehead atoms. The summed E-state index contributed by atoms with van der Waals surface area (Å²) < 4.78 is 0. The fourth-order valence-electron chi connectivity index (χ4n) is 4.26. The van der Waals surface area contributed by atoms with Crippen LogP contribution in [0.2, 0.25) is 0 Å². The van der Waals surface area contributed by atoms with Gasteiger partial charge < -0.3 is 5.11 Å². The molecule has 28 heavy (non-hydrogen) atoms. The van der Waals surface area contributed by atoms with Gasteiger partial charge in [0.2, 0.25) is 0 Å². The SMILES string of the molecule is C[C@@]1(c2ccn[nH]2)CCCN(Cc2ccc(-c3ccccc3C(=O)O)cc2)C1. The van der Waals surface area contributed by atoms with Gasteiger partial charge in [0.05, 0.1) is 5.56 Å². The maximum absolute atomic E-state index is 11.5. The molecule has 0 saturated carbocycles. The lowest BCUT2D eigenvalue weighted by Gasteiger charge is -2.40. The Morgan fingerprint density at radius 3 is 2.68 bits per heavy atom. The Morgan fingerprint density at radius 1 is 1.18 bits per heavy atom. The van der Waals surface area contributed by atoms with Crippen LogP contribution in [-0.4, -0.2) is 39.3 Å². The van der Waals surface area contributed by atoms with Crippen molar-refractivity contribution in [3.63, 3.8) is 0 Å². The van der Waals surface area contributed by atoms with Crippen molar-refractivity contribution in [1.82, 2.24) is 15.1 Å². The number of benzene rings is 2. The predicted octanol–water partition coefficient (Wildman–Crippen LogP) is 4.33. The van der Waals surface area contributed by atoms with E-state index in [1.54, 1.807) is 12.1 Å². The van der Waals surface area contributed by atoms with Crippen molar-refractivity contribution in [2.24, 2.45) is 0 Å². The van der Waals surface area contributed by atoms with Gasteiger partial charge >= 0.3 is 5.97 Å². The molecule has 0 unspecified atom stereocenters. The first-order valence-corrected chi connectivity index (χ1v) is 9.69. The minimum absolute atomic E-state index is 0.106. The van der Waals surface area contributed by atoms with Crippen LogP contribution in [0.4, 0.5) is 0 Å². The lowest BCUT2D eigenvalue weighted by Crippen LogP contribution is -2.44. The highest BCUT2D eigenvalue weighted by molar-refractivity contribution is 5.95. The van der Waals surface area contributed by atoms with Gasteiger partial charge in [0.1, 0.15) is 0 Å². The summed E-state index contributed by atoms with van der Waals surface area (Å²) in [5.74, 6) is -0.897. The number of piperidine rings is 1. The van der Waals surface area contributed by atoms with E-state index in [0.717, 1.165) is 37.2 Å². The summed E-state index contributed by atoms with van der Waals surface area (Å²) in [5, 5.41) is 16.7. The van der Waals surface area contributed by atoms with Gasteiger partial charge in [-0.2, -0.15) is 5.10 Å². The maximum Gasteiger partial charge on any atom is 0.336 e. The monoisotopic (exact) mass is 375 g/mol. The Balaban J connectivity index is 1.49. The second-order valence-corrected chi connectivity index (χ2v) is 7.89. The summed E-state index contributed by atoms with van der Waals surface area (Å²) in [5.41, 5.74) is 4.58. The predicted molar refractivity (Wildman–Crippen MR) is 109 cm³/mol. The van der Waals surface area contributed by atoms with E-state index in [-0.39, 0.29) is 5.41 Å². The highest BCUT2D eigenvalue weighted by Crippen LogP contribution is 2.33. The molecular weight excluding hydrogens is 350 g/mol. The number of likely N-dealkylation sites (tertiary alicyclic amines) is 1. The van der Waals surface area contributed by atoms with Crippen molar-refractivity contribution in [1.29, 1.82) is 0 Å². The van der Waals surface area contributed by atoms with Crippen molar-refractivity contribution in [3.8, 4) is 11.1 Å². The first-order chi connectivity index (χ1) is 13.5. The zero-order valence-electron chi connectivity index (χ0n) is 16.1. The summed E-state index contributed by atoms with van der Waals surface area (Å²) in [4.78, 5) is 14.0. The molecular formula is C23H25N3O2. The van der Waals surface area contributed by atoms with Crippen LogP contribution in [0.5, 0.6) is 0 Å². The lowest BCUT2D eigenvalue weighted by molar-refractivity contribution is 0.0697. The molecule has 1 atom stereocenters. The molecule has 1 aliphatic heterocycles. The van der Waals surface area contributed by atoms with Gasteiger partial charge in [-0.1, -0.05) is 49.4 Å². The molecule has 0 amide bonds. The molecule has 1 aliphatic rings. The number of nitrogens with zero attached hydrogens (tertiary/aromatic N) is 2. The molecule has 0 spiro atoms. The molecule has 4 rings (SSSR count). The van der Waals surface area contributed by atoms with Crippen molar-refractivity contribution < 1.29 is 9.90 Å². The molecule has 1 saturated heterocycles. The van der Waals surface area contributed by atoms with Crippen LogP contribution in [0, 0.1) is 0 Å². The summed E-state index contributed by atoms with van der Waals surface area (Å²) in [7, 11) is 0. The molecule has 5 nitrogen and oxygen atoms in total. The van der Waals surface area contributed by atoms with Crippen LogP contribution in [0.3, 0.4) is 0 Å². The molecule has 2 aromatic carbocycles. The Bertz CT molecular complexity index is 950. The molecule has 0 radical (unpaired) electrons. The number of H-pyrrole nitrogens is 1. The van der Waals surface area contributed by atoms with Crippen LogP contribution in [-0.2, 0) is 12.0 Å². The summed E-state index contributed by atoms with van der Waals surface area (Å²) >= 11 is 0. The van der Waals surface area contributed by atoms with Crippen LogP contribution in [0.1, 0.15) is 41.4 Å². The van der Waals surface area contributed by atoms with E-state index in [1.165, 1.54) is 17.7 Å². The number of rotatable bonds is 5. The number of aromatic amines is 1. The normalized spacial score (nSPS) is 20.2. The van der Waals surface area contributed by atoms with E-state index < -0.39 is 5.97 Å². The molecule has 1 aromatic heterocycles. The minimum Gasteiger partial charge on any atom is -0.478 e. The van der Waals surface area contributed by atoms with Gasteiger partial charge in [-0.05, 0) is 48.2 Å². The third-order valence-electron chi connectivity index (χ3n) is 5.76. The Kier molecular flexibility index (Phi) is 5.01. The van der Waals surface area contributed by atoms with Crippen LogP contribution in [0.25, 0.3) is 11.1 Å². The van der Waals surface area contributed by atoms with Crippen molar-refractivity contribution in [2.45, 2.75) is 31.7 Å². The zero-order valence-corrected chi connectivity index (χ0v) is 16.1. The average molecular weight is 375 g/mol. The molecule has 1 fully saturated rings. The first-order valence-electron chi connectivity index (χ1n) is 9.69. The molecule has 5 heteroatoms. The van der Waals surface area contributed by atoms with Gasteiger partial charge in [0.25, 0.3) is 0 Å². The van der Waals surface area contributed by atoms with Gasteiger partial charge in [-0.3, -0.25) is 10.00 Å². The Labute approximate surface area is 165 Å². The Morgan fingerprint density at radius 2 is 1.96 bits per heavy atom. The summed E-state index contributed by atoms with van der Waals surface area (Å²) in [6.45, 7) is 5.29. The second-order valence-electron chi connectivity index (χ2n) is 7.89. The number of hydrogen-bond acceptors (Lipinski definition) is 3. The van der Waals surface area contributed by atoms with Gasteiger partial charge in [-0.25, -0.2) is 4.79 Å². The highest BCUT2D eigenvalue weighted by Gasteiger charge is 2.33. The number of carboxylic acid groups (broad SMARTS) is 1. The van der Waals surface area contributed by atoms with E-state index in [2.05, 4.69) is 40.2 Å². The zero-order chi connectivity index (χ0) is 19.6. The number of aromatic carboxylic acids is 1. The van der Waals surface area contributed by atoms with E-state index >= 15 is 0 Å². The minimum atomic E-state index is -0.897. The summed E-state index contributed by atoms with van der Waals surface area (Å²) in [6.07, 6.45) is 4.16. The van der Waals surface area contributed by atoms with Gasteiger partial charge in [-0.15, -0.1) is 0 Å². The smallest absolute Gasteiger partial charge is 0.336 e. The van der Waals surface area contributed by atoms with E-state index in [4.69, 9.17) is 0 Å². The van der Waals surface area contributed by atoms with Gasteiger partial charge in [0.15, 0.2) is 0 Å². The number of carbonyl (C=O) groups is 1. The number of nitrogens with one attached hydrogen (secondary N) is 1. The van der Waals surface area contributed by atoms with E-state index in [1.807, 2.05) is 30.5 Å². The molecule has 0 aliphatic carbocycles. The first kappa shape index (κ1) is 18.4. The summed E-state index contributed by atoms with van der Waals surface area (Å²) in [6, 6.07) is 17.5. The van der Waals surface area contributed by atoms with Crippen molar-refractivity contribution in [3.05, 3.63) is 77.6 Å². The third-order valence-corrected chi connectivity index (χ3v) is 5.76. The fraction of sp³-hybridized carbons (Fsp3) is 0.304. The second kappa shape index (κ2) is 7.60. The largest absolute Gasteiger partial charge is 0.478 e. The molecule has 2 N–H and O–H groups in total. The van der Waals surface area contributed by atoms with Crippen molar-refractivity contribution in [2.75, 3.05) is 13.1 Å². The van der Waals surface area contributed by atoms with Crippen LogP contribution < -0.4 is 0 Å². The average Bonchev–Trinajstić information content (AvgIpc) is 3.25. The van der Waals surface area contributed by atoms with E-state index in [9.17, 15) is 9.90 Å². The Hall–Kier alpha value is -2.92. The van der Waals surface area contributed by atoms with Crippen LogP contribution in [0.15, 0.2) is 60.8 Å². The quantitative estimate of drug-likeness (QED) is 0.696. The van der Waals surface area contributed by atoms with Crippen LogP contribution >= 0.6 is 0 Å². The lowest BCUT2D eigenvalue weighted by atomic mass is 9.79. The number of aromatic nitrogens is 2. The number of hydrogen-bond donors (Lipinski definition) is 2. The third kappa shape index (κ3) is 3.71. The number of carboxylic acids is 1. The molecule has 3 aromatic rings. The molecule has 2 heterocycles. The van der Waals surface area contributed by atoms with E-state index in [0.29, 0.717) is 5.56 Å². The van der Waals surface area contributed by atoms with Crippen molar-refractivity contribution >= 4 is 5.97 Å². The maximum atomic E-state index is 11.5. The molecule has 144 valence electrons. The van der Waals surface area contributed by atoms with Gasteiger partial charge in [0, 0.05) is 30.4 Å². The topological polar surface area (TPSA) is 69.2 Å². The fourth-order valence-corrected chi connectivity index (χ4v) is 4.26. The standard InChI is InChI=1S/C23H25N3O2/c1-23(21-11-13-24-25-21)12-4-14-26(16-23)15-17-7-9-18(10-8-17)19-5-2-3-6-20(19)22(27)28/h2-3,5-11,13H,4,12,14-16H2,1H3,(H,24,25)(H,27,28)/t23-/m1/s1. The highest BCUT2D eigenvalue weighted by atomic mass is 16.4.